The molecule has 36 nitrogen and oxygen atoms in total. The fraction of sp³-hybridized carbons (Fsp3) is 0.491. The van der Waals surface area contributed by atoms with E-state index in [9.17, 15) is 71.1 Å². The van der Waals surface area contributed by atoms with Gasteiger partial charge >= 0.3 is 75.5 Å². The molecular weight excluding hydrogens is 1420 g/mol. The number of nitrogens with two attached hydrogens (primary N) is 1. The summed E-state index contributed by atoms with van der Waals surface area (Å²) < 4.78 is 49.8. The minimum absolute atomic E-state index is 0. The number of nitriles is 3. The van der Waals surface area contributed by atoms with Crippen molar-refractivity contribution < 1.29 is 139 Å². The Labute approximate surface area is 597 Å². The number of β-lactam (4-membered cyclic amide) rings is 3. The number of carboxylic acid groups (broad SMARTS) is 1. The Morgan fingerprint density at radius 2 is 0.980 bits per heavy atom. The zero-order valence-electron chi connectivity index (χ0n) is 50.9. The van der Waals surface area contributed by atoms with Gasteiger partial charge in [-0.15, -0.1) is 45.8 Å². The number of ketones is 3. The molecule has 9 aliphatic rings. The number of amides is 3. The number of carbonyl (C=O) groups excluding carboxylic acids is 12. The second-order valence-electron chi connectivity index (χ2n) is 21.9. The van der Waals surface area contributed by atoms with Gasteiger partial charge in [-0.25, -0.2) is 24.5 Å². The van der Waals surface area contributed by atoms with Gasteiger partial charge in [0.05, 0.1) is 58.3 Å². The zero-order valence-corrected chi connectivity index (χ0v) is 57.8. The number of hydrogen-bond acceptors (Lipinski definition) is 37. The summed E-state index contributed by atoms with van der Waals surface area (Å²) in [6.45, 7) is 2.28. The number of hydrogen-bond donors (Lipinski definition) is 1. The van der Waals surface area contributed by atoms with Crippen molar-refractivity contribution in [2.24, 2.45) is 51.0 Å². The number of carbonyl (C=O) groups is 12. The summed E-state index contributed by atoms with van der Waals surface area (Å²) in [5.41, 5.74) is -0.769. The first-order chi connectivity index (χ1) is 46.3. The topological polar surface area (TPSA) is 519 Å². The standard InChI is InChI=1S/C18H15BN4O8S2.C18H15BN4O7S2.C17H15N5O8S2.Na/c1-8-21-11(6-32-8)14(22-29-3-2-20)12(24)5-10-15(26)23-16(10)33(28)7-9-4-13(25)30-18(9,23)17(27)31-19;1-8-21-11(7-31-8)14(22-28-3-2-20)12(24)5-10-15(26)23-16(10)32-6-9-4-13(25)29-18(9,23)17(27)30-19;18-1-2-29-21-12(9-5-31-16(19)20-9)10(23)4-8-13(25)22-14(8)32(28)6-7-3-11(24)30-17(7,22)15(26)27;/h6,9-10,16H,3-5,7H2,1H3;7,9-10,16H,3-6H2,1H3;5,7-8,14H,2-4,6H2,(H2,19,20)(H,26,27);/q;;;+1/p-1/b2*22-14-;21-12-;/t9-,10+,16+,18+,33-;9-,10+,16+,18+;7-,8+,14+,17+,32-;/m000./s1. The molecule has 0 aliphatic carbocycles. The number of thioether (sulfide) groups is 1. The zero-order chi connectivity index (χ0) is 70.2. The van der Waals surface area contributed by atoms with Gasteiger partial charge in [-0.1, -0.05) is 15.5 Å². The van der Waals surface area contributed by atoms with Crippen LogP contribution in [-0.2, 0) is 117 Å². The van der Waals surface area contributed by atoms with Crippen LogP contribution < -0.4 is 40.4 Å². The maximum absolute atomic E-state index is 13.0. The molecular formula is C53H44B2N13NaO23S6. The summed E-state index contributed by atoms with van der Waals surface area (Å²) in [6, 6.07) is 5.16. The number of rotatable bonds is 21. The van der Waals surface area contributed by atoms with E-state index in [1.165, 1.54) is 39.8 Å². The van der Waals surface area contributed by atoms with E-state index in [1.54, 1.807) is 42.8 Å². The Bertz CT molecular complexity index is 4170. The predicted octanol–water partition coefficient (Wildman–Crippen LogP) is -6.35. The number of oxime groups is 3. The quantitative estimate of drug-likeness (QED) is 0.0197. The smallest absolute Gasteiger partial charge is 0.544 e. The molecule has 9 fully saturated rings. The molecule has 98 heavy (non-hydrogen) atoms. The summed E-state index contributed by atoms with van der Waals surface area (Å²) in [7, 11) is 6.66. The van der Waals surface area contributed by atoms with Crippen LogP contribution in [0.15, 0.2) is 31.6 Å². The molecule has 0 unspecified atom stereocenters. The molecule has 3 aromatic heterocycles. The van der Waals surface area contributed by atoms with Crippen LogP contribution in [0, 0.1) is 83.3 Å². The van der Waals surface area contributed by atoms with Crippen LogP contribution in [0.1, 0.15) is 65.6 Å². The molecule has 45 heteroatoms. The molecule has 3 amide bonds. The first-order valence-corrected chi connectivity index (χ1v) is 34.6. The molecule has 0 bridgehead atoms. The summed E-state index contributed by atoms with van der Waals surface area (Å²) in [5.74, 6) is -15.5. The Hall–Kier alpha value is -8.41. The van der Waals surface area contributed by atoms with Crippen molar-refractivity contribution in [3.8, 4) is 18.2 Å². The van der Waals surface area contributed by atoms with Crippen molar-refractivity contribution in [2.45, 2.75) is 85.7 Å². The van der Waals surface area contributed by atoms with E-state index in [0.717, 1.165) is 26.0 Å². The molecule has 2 N–H and O–H groups in total. The van der Waals surface area contributed by atoms with E-state index in [4.69, 9.17) is 66.3 Å². The van der Waals surface area contributed by atoms with Crippen molar-refractivity contribution in [3.05, 3.63) is 43.2 Å². The van der Waals surface area contributed by atoms with Gasteiger partial charge in [0.25, 0.3) is 11.4 Å². The molecule has 14 atom stereocenters. The van der Waals surface area contributed by atoms with Gasteiger partial charge in [-0.05, 0) is 13.8 Å². The number of carboxylic acids is 1. The number of fused-ring (bicyclic) bond motifs is 9. The van der Waals surface area contributed by atoms with Crippen LogP contribution in [0.4, 0.5) is 5.13 Å². The van der Waals surface area contributed by atoms with Gasteiger partial charge in [0, 0.05) is 86.1 Å². The number of esters is 3. The third kappa shape index (κ3) is 13.1. The molecule has 4 radical (unpaired) electrons. The van der Waals surface area contributed by atoms with E-state index in [2.05, 4.69) is 39.7 Å². The molecule has 12 rings (SSSR count). The van der Waals surface area contributed by atoms with Crippen molar-refractivity contribution in [1.82, 2.24) is 29.7 Å². The number of thiazole rings is 3. The van der Waals surface area contributed by atoms with Crippen LogP contribution >= 0.6 is 45.8 Å². The SMILES string of the molecule is N#CCO/N=C(\C(=O)C[C@@H]1C(=O)N2[C@@H]1[S@@](=O)C[C@@H]1CC(=O)O[C@@]12C(=O)[O-])c1csc(N)n1.[B]OC(=O)[C@]12OC(=O)C[C@H]1CS[C@@H]1[C@H](CC(=O)/C(=N\OCC#N)c3csc(C)n3)C(=O)N12.[B]OC(=O)[C@]12OC(=O)C[C@H]1C[S@](=O)[C@@H]1[C@H](CC(=O)/C(=N\OCC#N)c3csc(C)n3)C(=O)N12.[Na+]. The summed E-state index contributed by atoms with van der Waals surface area (Å²) in [4.78, 5) is 180. The Kier molecular flexibility index (Phi) is 22.6. The van der Waals surface area contributed by atoms with E-state index in [1.807, 2.05) is 0 Å². The van der Waals surface area contributed by atoms with Crippen LogP contribution in [0.25, 0.3) is 0 Å². The number of nitrogens with zero attached hydrogens (tertiary/aromatic N) is 12. The average molecular weight is 1470 g/mol. The summed E-state index contributed by atoms with van der Waals surface area (Å²) in [6.07, 6.45) is -1.71. The molecule has 0 saturated carbocycles. The number of aromatic nitrogens is 3. The Morgan fingerprint density at radius 1 is 0.612 bits per heavy atom. The van der Waals surface area contributed by atoms with Crippen molar-refractivity contribution in [2.75, 3.05) is 42.8 Å². The number of aliphatic carboxylic acids is 1. The molecule has 3 aromatic rings. The average Bonchev–Trinajstić information content (AvgIpc) is 1.59. The third-order valence-corrected chi connectivity index (χ3v) is 23.7. The number of Topliss-reactive ketones (excluding diaryl/α,β-unsaturated/α-hetero) is 3. The molecule has 9 aliphatic heterocycles. The normalized spacial score (nSPS) is 29.8. The van der Waals surface area contributed by atoms with Crippen LogP contribution in [0.2, 0.25) is 0 Å². The Balaban J connectivity index is 0.000000171. The van der Waals surface area contributed by atoms with Crippen molar-refractivity contribution in [1.29, 1.82) is 15.8 Å². The van der Waals surface area contributed by atoms with E-state index in [0.29, 0.717) is 15.8 Å². The summed E-state index contributed by atoms with van der Waals surface area (Å²) in [5, 5.41) is 52.2. The van der Waals surface area contributed by atoms with E-state index >= 15 is 0 Å². The first kappa shape index (κ1) is 73.8. The monoisotopic (exact) mass is 1470 g/mol. The van der Waals surface area contributed by atoms with Crippen LogP contribution in [-0.4, -0.2) is 213 Å². The first-order valence-electron chi connectivity index (χ1n) is 28.2. The molecule has 0 aromatic carbocycles. The second-order valence-corrected chi connectivity index (χ2v) is 29.2. The van der Waals surface area contributed by atoms with Crippen LogP contribution in [0.3, 0.4) is 0 Å². The fourth-order valence-corrected chi connectivity index (χ4v) is 19.8. The minimum atomic E-state index is -2.33. The maximum Gasteiger partial charge on any atom is 1.00 e. The molecule has 0 spiro atoms. The van der Waals surface area contributed by atoms with Crippen molar-refractivity contribution in [3.63, 3.8) is 0 Å². The maximum atomic E-state index is 13.0. The minimum Gasteiger partial charge on any atom is -0.544 e. The van der Waals surface area contributed by atoms with E-state index < -0.39 is 187 Å². The number of anilines is 1. The largest absolute Gasteiger partial charge is 1.00 e. The second kappa shape index (κ2) is 30.0. The molecule has 9 saturated heterocycles. The van der Waals surface area contributed by atoms with Crippen molar-refractivity contribution >= 4 is 177 Å². The van der Waals surface area contributed by atoms with Gasteiger partial charge in [-0.2, -0.15) is 15.8 Å². The van der Waals surface area contributed by atoms with Gasteiger partial charge < -0.3 is 53.7 Å². The fourth-order valence-electron chi connectivity index (χ4n) is 12.4. The van der Waals surface area contributed by atoms with Crippen LogP contribution in [0.5, 0.6) is 0 Å². The molecule has 12 heterocycles. The Morgan fingerprint density at radius 3 is 1.37 bits per heavy atom. The molecule has 502 valence electrons. The van der Waals surface area contributed by atoms with Gasteiger partial charge in [0.2, 0.25) is 43.3 Å². The third-order valence-electron chi connectivity index (χ3n) is 16.4. The number of aryl methyl sites for hydroxylation is 2. The number of nitrogen functional groups attached to an aromatic ring is 1. The van der Waals surface area contributed by atoms with Gasteiger partial charge in [0.1, 0.15) is 52.0 Å². The predicted molar refractivity (Wildman–Crippen MR) is 324 cm³/mol. The van der Waals surface area contributed by atoms with E-state index in [-0.39, 0.29) is 113 Å². The number of ether oxygens (including phenoxy) is 3. The van der Waals surface area contributed by atoms with Gasteiger partial charge in [-0.3, -0.25) is 66.3 Å². The summed E-state index contributed by atoms with van der Waals surface area (Å²) >= 11 is 4.95. The van der Waals surface area contributed by atoms with Gasteiger partial charge in [0.15, 0.2) is 39.6 Å².